The Morgan fingerprint density at radius 1 is 1.25 bits per heavy atom. The molecule has 0 fully saturated rings. The van der Waals surface area contributed by atoms with E-state index in [0.717, 1.165) is 21.3 Å². The predicted molar refractivity (Wildman–Crippen MR) is 113 cm³/mol. The maximum Gasteiger partial charge on any atom is 0.236 e. The largest absolute Gasteiger partial charge is 0.485 e. The number of thioether (sulfide) groups is 1. The summed E-state index contributed by atoms with van der Waals surface area (Å²) in [4.78, 5) is 16.2. The molecule has 1 N–H and O–H groups in total. The highest BCUT2D eigenvalue weighted by molar-refractivity contribution is 9.10. The van der Waals surface area contributed by atoms with E-state index in [1.165, 1.54) is 11.8 Å². The summed E-state index contributed by atoms with van der Waals surface area (Å²) >= 11 is 4.62. The molecular formula is C19H20BrN5O2S. The van der Waals surface area contributed by atoms with E-state index in [0.29, 0.717) is 23.4 Å². The number of hydrogen-bond acceptors (Lipinski definition) is 6. The van der Waals surface area contributed by atoms with E-state index < -0.39 is 0 Å². The third-order valence-corrected chi connectivity index (χ3v) is 5.44. The smallest absolute Gasteiger partial charge is 0.236 e. The minimum Gasteiger partial charge on any atom is -0.485 e. The van der Waals surface area contributed by atoms with Crippen molar-refractivity contribution in [3.63, 3.8) is 0 Å². The van der Waals surface area contributed by atoms with Crippen molar-refractivity contribution in [3.05, 3.63) is 58.0 Å². The van der Waals surface area contributed by atoms with Gasteiger partial charge in [0, 0.05) is 17.7 Å². The highest BCUT2D eigenvalue weighted by atomic mass is 79.9. The number of amides is 1. The Kier molecular flexibility index (Phi) is 6.69. The van der Waals surface area contributed by atoms with E-state index in [9.17, 15) is 4.79 Å². The first-order chi connectivity index (χ1) is 13.4. The lowest BCUT2D eigenvalue weighted by Crippen LogP contribution is -2.15. The molecule has 0 aliphatic heterocycles. The van der Waals surface area contributed by atoms with Crippen molar-refractivity contribution >= 4 is 39.4 Å². The van der Waals surface area contributed by atoms with Crippen LogP contribution in [-0.4, -0.2) is 31.4 Å². The zero-order valence-corrected chi connectivity index (χ0v) is 18.2. The van der Waals surface area contributed by atoms with Crippen molar-refractivity contribution in [2.45, 2.75) is 25.6 Å². The predicted octanol–water partition coefficient (Wildman–Crippen LogP) is 3.90. The zero-order valence-electron chi connectivity index (χ0n) is 15.8. The third kappa shape index (κ3) is 5.32. The number of hydrogen-bond donors (Lipinski definition) is 1. The quantitative estimate of drug-likeness (QED) is 0.537. The van der Waals surface area contributed by atoms with E-state index in [1.807, 2.05) is 49.7 Å². The SMILES string of the molecule is Cc1ccc(C)c(OCc2nnc(SCC(=O)Nc3ccc(Br)cn3)n2C)c1. The normalized spacial score (nSPS) is 10.7. The van der Waals surface area contributed by atoms with E-state index in [-0.39, 0.29) is 11.7 Å². The van der Waals surface area contributed by atoms with E-state index in [2.05, 4.69) is 36.4 Å². The Morgan fingerprint density at radius 3 is 2.82 bits per heavy atom. The van der Waals surface area contributed by atoms with Gasteiger partial charge in [-0.1, -0.05) is 23.9 Å². The van der Waals surface area contributed by atoms with Crippen LogP contribution >= 0.6 is 27.7 Å². The number of carbonyl (C=O) groups is 1. The molecule has 0 saturated carbocycles. The molecule has 7 nitrogen and oxygen atoms in total. The van der Waals surface area contributed by atoms with Crippen LogP contribution in [-0.2, 0) is 18.4 Å². The van der Waals surface area contributed by atoms with Gasteiger partial charge in [0.25, 0.3) is 0 Å². The highest BCUT2D eigenvalue weighted by Crippen LogP contribution is 2.21. The van der Waals surface area contributed by atoms with Crippen molar-refractivity contribution in [1.82, 2.24) is 19.7 Å². The first kappa shape index (κ1) is 20.3. The van der Waals surface area contributed by atoms with Gasteiger partial charge in [-0.15, -0.1) is 10.2 Å². The fourth-order valence-corrected chi connectivity index (χ4v) is 3.32. The third-order valence-electron chi connectivity index (χ3n) is 3.95. The fraction of sp³-hybridized carbons (Fsp3) is 0.263. The van der Waals surface area contributed by atoms with Crippen LogP contribution < -0.4 is 10.1 Å². The molecule has 3 aromatic rings. The van der Waals surface area contributed by atoms with Crippen LogP contribution in [0.25, 0.3) is 0 Å². The maximum absolute atomic E-state index is 12.1. The summed E-state index contributed by atoms with van der Waals surface area (Å²) in [5.74, 6) is 2.09. The van der Waals surface area contributed by atoms with Gasteiger partial charge in [-0.25, -0.2) is 4.98 Å². The van der Waals surface area contributed by atoms with Gasteiger partial charge in [0.2, 0.25) is 5.91 Å². The van der Waals surface area contributed by atoms with Gasteiger partial charge in [0.15, 0.2) is 11.0 Å². The fourth-order valence-electron chi connectivity index (χ4n) is 2.36. The number of pyridine rings is 1. The van der Waals surface area contributed by atoms with Crippen LogP contribution in [0.1, 0.15) is 17.0 Å². The molecule has 0 radical (unpaired) electrons. The Morgan fingerprint density at radius 2 is 2.07 bits per heavy atom. The number of rotatable bonds is 7. The Labute approximate surface area is 176 Å². The van der Waals surface area contributed by atoms with Gasteiger partial charge in [-0.2, -0.15) is 0 Å². The molecule has 2 aromatic heterocycles. The number of nitrogens with zero attached hydrogens (tertiary/aromatic N) is 4. The highest BCUT2D eigenvalue weighted by Gasteiger charge is 2.13. The van der Waals surface area contributed by atoms with Gasteiger partial charge < -0.3 is 14.6 Å². The van der Waals surface area contributed by atoms with Gasteiger partial charge in [-0.05, 0) is 59.1 Å². The molecule has 0 aliphatic rings. The molecule has 0 unspecified atom stereocenters. The summed E-state index contributed by atoms with van der Waals surface area (Å²) in [6.45, 7) is 4.34. The first-order valence-electron chi connectivity index (χ1n) is 8.55. The monoisotopic (exact) mass is 461 g/mol. The second-order valence-electron chi connectivity index (χ2n) is 6.21. The Balaban J connectivity index is 1.54. The molecule has 2 heterocycles. The Bertz CT molecular complexity index is 975. The van der Waals surface area contributed by atoms with E-state index in [4.69, 9.17) is 4.74 Å². The number of nitrogens with one attached hydrogen (secondary N) is 1. The molecule has 146 valence electrons. The minimum atomic E-state index is -0.156. The minimum absolute atomic E-state index is 0.156. The second-order valence-corrected chi connectivity index (χ2v) is 8.07. The molecular weight excluding hydrogens is 442 g/mol. The van der Waals surface area contributed by atoms with Crippen LogP contribution in [0.4, 0.5) is 5.82 Å². The van der Waals surface area contributed by atoms with Crippen molar-refractivity contribution in [1.29, 1.82) is 0 Å². The number of carbonyl (C=O) groups excluding carboxylic acids is 1. The van der Waals surface area contributed by atoms with Crippen LogP contribution in [0.2, 0.25) is 0 Å². The lowest BCUT2D eigenvalue weighted by Gasteiger charge is -2.10. The number of ether oxygens (including phenoxy) is 1. The number of anilines is 1. The molecule has 0 aliphatic carbocycles. The summed E-state index contributed by atoms with van der Waals surface area (Å²) in [7, 11) is 1.86. The summed E-state index contributed by atoms with van der Waals surface area (Å²) in [6.07, 6.45) is 1.63. The molecule has 9 heteroatoms. The van der Waals surface area contributed by atoms with Crippen LogP contribution in [0.5, 0.6) is 5.75 Å². The number of aromatic nitrogens is 4. The molecule has 3 rings (SSSR count). The van der Waals surface area contributed by atoms with E-state index in [1.54, 1.807) is 12.3 Å². The molecule has 1 aromatic carbocycles. The lowest BCUT2D eigenvalue weighted by molar-refractivity contribution is -0.113. The van der Waals surface area contributed by atoms with Gasteiger partial charge in [0.1, 0.15) is 18.2 Å². The second kappa shape index (κ2) is 9.20. The summed E-state index contributed by atoms with van der Waals surface area (Å²) in [6, 6.07) is 9.63. The molecule has 28 heavy (non-hydrogen) atoms. The van der Waals surface area contributed by atoms with Crippen LogP contribution in [0, 0.1) is 13.8 Å². The first-order valence-corrected chi connectivity index (χ1v) is 10.3. The number of benzene rings is 1. The summed E-state index contributed by atoms with van der Waals surface area (Å²) in [5, 5.41) is 11.7. The van der Waals surface area contributed by atoms with Gasteiger partial charge in [0.05, 0.1) is 5.75 Å². The topological polar surface area (TPSA) is 81.9 Å². The zero-order chi connectivity index (χ0) is 20.1. The average Bonchev–Trinajstić information content (AvgIpc) is 3.02. The summed E-state index contributed by atoms with van der Waals surface area (Å²) < 4.78 is 8.58. The number of halogens is 1. The van der Waals surface area contributed by atoms with Crippen molar-refractivity contribution in [2.75, 3.05) is 11.1 Å². The van der Waals surface area contributed by atoms with Crippen LogP contribution in [0.15, 0.2) is 46.2 Å². The summed E-state index contributed by atoms with van der Waals surface area (Å²) in [5.41, 5.74) is 2.21. The van der Waals surface area contributed by atoms with Gasteiger partial charge >= 0.3 is 0 Å². The molecule has 0 bridgehead atoms. The van der Waals surface area contributed by atoms with Crippen molar-refractivity contribution in [2.24, 2.45) is 7.05 Å². The van der Waals surface area contributed by atoms with Crippen LogP contribution in [0.3, 0.4) is 0 Å². The van der Waals surface area contributed by atoms with E-state index >= 15 is 0 Å². The van der Waals surface area contributed by atoms with Crippen molar-refractivity contribution in [3.8, 4) is 5.75 Å². The lowest BCUT2D eigenvalue weighted by atomic mass is 10.1. The van der Waals surface area contributed by atoms with Gasteiger partial charge in [-0.3, -0.25) is 4.79 Å². The van der Waals surface area contributed by atoms with Crippen molar-refractivity contribution < 1.29 is 9.53 Å². The Hall–Kier alpha value is -2.39. The standard InChI is InChI=1S/C19H20BrN5O2S/c1-12-4-5-13(2)15(8-12)27-10-17-23-24-19(25(17)3)28-11-18(26)22-16-7-6-14(20)9-21-16/h4-9H,10-11H2,1-3H3,(H,21,22,26). The average molecular weight is 462 g/mol. The molecule has 0 saturated heterocycles. The maximum atomic E-state index is 12.1. The number of aryl methyl sites for hydroxylation is 2. The molecule has 0 atom stereocenters. The molecule has 1 amide bonds. The molecule has 0 spiro atoms.